The first-order chi connectivity index (χ1) is 13.7. The smallest absolute Gasteiger partial charge is 0.252 e. The highest BCUT2D eigenvalue weighted by Gasteiger charge is 2.12. The minimum atomic E-state index is -0.288. The van der Waals surface area contributed by atoms with E-state index in [1.54, 1.807) is 23.9 Å². The SMILES string of the molecule is O=C(NCc1ccc(F)cc1)c1ccccc1SCc1cn2ccccc2n1. The molecule has 0 unspecified atom stereocenters. The highest BCUT2D eigenvalue weighted by Crippen LogP contribution is 2.26. The van der Waals surface area contributed by atoms with Crippen molar-refractivity contribution in [2.45, 2.75) is 17.2 Å². The largest absolute Gasteiger partial charge is 0.348 e. The van der Waals surface area contributed by atoms with Crippen molar-refractivity contribution in [2.24, 2.45) is 0 Å². The van der Waals surface area contributed by atoms with Gasteiger partial charge in [-0.05, 0) is 42.0 Å². The molecule has 0 atom stereocenters. The number of nitrogens with one attached hydrogen (secondary N) is 1. The maximum atomic E-state index is 13.0. The molecular formula is C22H18FN3OS. The van der Waals surface area contributed by atoms with Crippen molar-refractivity contribution in [2.75, 3.05) is 0 Å². The minimum Gasteiger partial charge on any atom is -0.348 e. The van der Waals surface area contributed by atoms with Crippen LogP contribution in [0.2, 0.25) is 0 Å². The lowest BCUT2D eigenvalue weighted by atomic mass is 10.2. The highest BCUT2D eigenvalue weighted by atomic mass is 32.2. The summed E-state index contributed by atoms with van der Waals surface area (Å²) in [7, 11) is 0. The third-order valence-electron chi connectivity index (χ3n) is 4.29. The Morgan fingerprint density at radius 3 is 2.64 bits per heavy atom. The molecule has 28 heavy (non-hydrogen) atoms. The first kappa shape index (κ1) is 18.3. The fourth-order valence-electron chi connectivity index (χ4n) is 2.87. The van der Waals surface area contributed by atoms with Gasteiger partial charge in [-0.2, -0.15) is 0 Å². The van der Waals surface area contributed by atoms with Crippen LogP contribution in [-0.2, 0) is 12.3 Å². The van der Waals surface area contributed by atoms with Gasteiger partial charge in [-0.25, -0.2) is 9.37 Å². The van der Waals surface area contributed by atoms with Crippen LogP contribution < -0.4 is 5.32 Å². The van der Waals surface area contributed by atoms with Gasteiger partial charge in [0, 0.05) is 29.6 Å². The van der Waals surface area contributed by atoms with E-state index in [4.69, 9.17) is 0 Å². The fraction of sp³-hybridized carbons (Fsp3) is 0.0909. The standard InChI is InChI=1S/C22H18FN3OS/c23-17-10-8-16(9-11-17)13-24-22(27)19-5-1-2-6-20(19)28-15-18-14-26-12-4-3-7-21(26)25-18/h1-12,14H,13,15H2,(H,24,27). The van der Waals surface area contributed by atoms with E-state index in [1.165, 1.54) is 12.1 Å². The van der Waals surface area contributed by atoms with Crippen LogP contribution in [0.1, 0.15) is 21.6 Å². The third-order valence-corrected chi connectivity index (χ3v) is 5.39. The summed E-state index contributed by atoms with van der Waals surface area (Å²) in [5.41, 5.74) is 3.34. The van der Waals surface area contributed by atoms with Gasteiger partial charge in [0.05, 0.1) is 11.3 Å². The highest BCUT2D eigenvalue weighted by molar-refractivity contribution is 7.98. The van der Waals surface area contributed by atoms with Crippen molar-refractivity contribution in [3.8, 4) is 0 Å². The molecule has 0 saturated carbocycles. The first-order valence-corrected chi connectivity index (χ1v) is 9.85. The Kier molecular flexibility index (Phi) is 5.39. The molecule has 0 radical (unpaired) electrons. The van der Waals surface area contributed by atoms with Crippen LogP contribution in [0.4, 0.5) is 4.39 Å². The number of imidazole rings is 1. The molecule has 1 amide bonds. The van der Waals surface area contributed by atoms with Crippen LogP contribution in [0.3, 0.4) is 0 Å². The Labute approximate surface area is 166 Å². The van der Waals surface area contributed by atoms with Crippen LogP contribution in [0.5, 0.6) is 0 Å². The molecule has 4 rings (SSSR count). The molecule has 140 valence electrons. The second kappa shape index (κ2) is 8.27. The minimum absolute atomic E-state index is 0.151. The molecule has 1 N–H and O–H groups in total. The van der Waals surface area contributed by atoms with Gasteiger partial charge in [0.2, 0.25) is 0 Å². The van der Waals surface area contributed by atoms with E-state index in [1.807, 2.05) is 59.3 Å². The first-order valence-electron chi connectivity index (χ1n) is 8.86. The number of benzene rings is 2. The summed E-state index contributed by atoms with van der Waals surface area (Å²) < 4.78 is 15.0. The molecule has 2 aromatic heterocycles. The number of halogens is 1. The Hall–Kier alpha value is -3.12. The molecule has 4 nitrogen and oxygen atoms in total. The van der Waals surface area contributed by atoms with E-state index in [-0.39, 0.29) is 11.7 Å². The summed E-state index contributed by atoms with van der Waals surface area (Å²) in [6, 6.07) is 19.5. The number of hydrogen-bond donors (Lipinski definition) is 1. The average molecular weight is 391 g/mol. The number of hydrogen-bond acceptors (Lipinski definition) is 3. The molecule has 0 saturated heterocycles. The van der Waals surface area contributed by atoms with Crippen molar-refractivity contribution in [1.29, 1.82) is 0 Å². The molecule has 0 aliphatic heterocycles. The molecule has 0 aliphatic rings. The Morgan fingerprint density at radius 2 is 1.82 bits per heavy atom. The zero-order valence-electron chi connectivity index (χ0n) is 15.0. The van der Waals surface area contributed by atoms with Gasteiger partial charge in [-0.3, -0.25) is 4.79 Å². The molecule has 4 aromatic rings. The summed E-state index contributed by atoms with van der Waals surface area (Å²) in [4.78, 5) is 18.1. The number of thioether (sulfide) groups is 1. The van der Waals surface area contributed by atoms with E-state index in [2.05, 4.69) is 10.3 Å². The average Bonchev–Trinajstić information content (AvgIpc) is 3.15. The van der Waals surface area contributed by atoms with Crippen molar-refractivity contribution in [3.63, 3.8) is 0 Å². The van der Waals surface area contributed by atoms with Crippen molar-refractivity contribution >= 4 is 23.3 Å². The summed E-state index contributed by atoms with van der Waals surface area (Å²) in [6.45, 7) is 0.352. The summed E-state index contributed by atoms with van der Waals surface area (Å²) in [5, 5.41) is 2.90. The maximum absolute atomic E-state index is 13.0. The quantitative estimate of drug-likeness (QED) is 0.485. The Balaban J connectivity index is 1.43. The zero-order valence-corrected chi connectivity index (χ0v) is 15.8. The molecular weight excluding hydrogens is 373 g/mol. The number of pyridine rings is 1. The van der Waals surface area contributed by atoms with Gasteiger partial charge in [0.1, 0.15) is 11.5 Å². The molecule has 6 heteroatoms. The number of nitrogens with zero attached hydrogens (tertiary/aromatic N) is 2. The number of fused-ring (bicyclic) bond motifs is 1. The number of aromatic nitrogens is 2. The van der Waals surface area contributed by atoms with Crippen LogP contribution in [0.15, 0.2) is 84.0 Å². The number of carbonyl (C=O) groups is 1. The predicted molar refractivity (Wildman–Crippen MR) is 109 cm³/mol. The lowest BCUT2D eigenvalue weighted by Crippen LogP contribution is -2.23. The van der Waals surface area contributed by atoms with Gasteiger partial charge in [-0.15, -0.1) is 11.8 Å². The number of rotatable bonds is 6. The van der Waals surface area contributed by atoms with E-state index in [0.29, 0.717) is 17.9 Å². The fourth-order valence-corrected chi connectivity index (χ4v) is 3.80. The second-order valence-corrected chi connectivity index (χ2v) is 7.31. The van der Waals surface area contributed by atoms with Crippen LogP contribution in [0.25, 0.3) is 5.65 Å². The van der Waals surface area contributed by atoms with Gasteiger partial charge < -0.3 is 9.72 Å². The third kappa shape index (κ3) is 4.23. The lowest BCUT2D eigenvalue weighted by molar-refractivity contribution is 0.0948. The van der Waals surface area contributed by atoms with E-state index >= 15 is 0 Å². The molecule has 0 fully saturated rings. The predicted octanol–water partition coefficient (Wildman–Crippen LogP) is 4.70. The van der Waals surface area contributed by atoms with E-state index in [9.17, 15) is 9.18 Å². The van der Waals surface area contributed by atoms with Crippen LogP contribution in [-0.4, -0.2) is 15.3 Å². The Morgan fingerprint density at radius 1 is 1.04 bits per heavy atom. The van der Waals surface area contributed by atoms with Gasteiger partial charge in [-0.1, -0.05) is 30.3 Å². The maximum Gasteiger partial charge on any atom is 0.252 e. The molecule has 0 bridgehead atoms. The second-order valence-electron chi connectivity index (χ2n) is 6.29. The summed E-state index contributed by atoms with van der Waals surface area (Å²) in [6.07, 6.45) is 3.97. The lowest BCUT2D eigenvalue weighted by Gasteiger charge is -2.09. The van der Waals surface area contributed by atoms with E-state index < -0.39 is 0 Å². The van der Waals surface area contributed by atoms with Gasteiger partial charge in [0.25, 0.3) is 5.91 Å². The molecule has 2 heterocycles. The summed E-state index contributed by atoms with van der Waals surface area (Å²) >= 11 is 1.58. The van der Waals surface area contributed by atoms with Crippen molar-refractivity contribution in [1.82, 2.24) is 14.7 Å². The molecule has 0 spiro atoms. The van der Waals surface area contributed by atoms with Gasteiger partial charge in [0.15, 0.2) is 0 Å². The van der Waals surface area contributed by atoms with Gasteiger partial charge >= 0.3 is 0 Å². The summed E-state index contributed by atoms with van der Waals surface area (Å²) in [5.74, 6) is 0.232. The normalized spacial score (nSPS) is 10.9. The Bertz CT molecular complexity index is 1080. The van der Waals surface area contributed by atoms with E-state index in [0.717, 1.165) is 21.8 Å². The number of carbonyl (C=O) groups excluding carboxylic acids is 1. The topological polar surface area (TPSA) is 46.4 Å². The number of amides is 1. The monoisotopic (exact) mass is 391 g/mol. The van der Waals surface area contributed by atoms with Crippen molar-refractivity contribution < 1.29 is 9.18 Å². The van der Waals surface area contributed by atoms with Crippen LogP contribution in [0, 0.1) is 5.82 Å². The van der Waals surface area contributed by atoms with Crippen molar-refractivity contribution in [3.05, 3.63) is 102 Å². The molecule has 0 aliphatic carbocycles. The zero-order chi connectivity index (χ0) is 19.3. The van der Waals surface area contributed by atoms with Crippen LogP contribution >= 0.6 is 11.8 Å². The molecule has 2 aromatic carbocycles.